The van der Waals surface area contributed by atoms with Crippen molar-refractivity contribution in [1.29, 1.82) is 0 Å². The maximum absolute atomic E-state index is 12.5. The first-order valence-corrected chi connectivity index (χ1v) is 17.4. The van der Waals surface area contributed by atoms with E-state index in [4.69, 9.17) is 29.7 Å². The molecule has 302 valence electrons. The summed E-state index contributed by atoms with van der Waals surface area (Å²) in [5.41, 5.74) is -3.05. The van der Waals surface area contributed by atoms with Crippen LogP contribution in [0.15, 0.2) is 36.9 Å². The molecule has 1 fully saturated rings. The molecule has 0 saturated carbocycles. The third-order valence-corrected chi connectivity index (χ3v) is 9.50. The molecule has 1 saturated heterocycles. The Bertz CT molecular complexity index is 2400. The van der Waals surface area contributed by atoms with Gasteiger partial charge in [0.25, 0.3) is 22.9 Å². The number of fused-ring (bicyclic) bond motifs is 1. The fraction of sp³-hybridized carbons (Fsp3) is 0.227. The van der Waals surface area contributed by atoms with Crippen molar-refractivity contribution in [2.24, 2.45) is 0 Å². The van der Waals surface area contributed by atoms with Gasteiger partial charge in [-0.25, -0.2) is 24.1 Å². The molecule has 5 N–H and O–H groups in total. The Morgan fingerprint density at radius 1 is 0.719 bits per heavy atom. The van der Waals surface area contributed by atoms with Gasteiger partial charge in [0, 0.05) is 0 Å². The van der Waals surface area contributed by atoms with E-state index in [1.54, 1.807) is 0 Å². The average molecular weight is 849 g/mol. The predicted molar refractivity (Wildman–Crippen MR) is 174 cm³/mol. The van der Waals surface area contributed by atoms with Crippen molar-refractivity contribution in [2.75, 3.05) is 12.3 Å². The molecule has 33 nitrogen and oxygen atoms in total. The van der Waals surface area contributed by atoms with Crippen molar-refractivity contribution in [1.82, 2.24) is 19.5 Å². The second-order valence-electron chi connectivity index (χ2n) is 10.8. The standard InChI is InChI=1S/C22H17N11O22P2/c23-20-15-21(25-6-24-20)27(7-26-15)22-19(54-17-12(32(42)43)3-9(29(36)37)4-13(17)33(44)45)18(14(52-22)5-51-57(49,50)55-56(46,47)48)53-16-10(30(38)39)1-8(28(34)35)2-11(16)31(40)41/h1-4,6-7,14,18-19,22H,5H2,(H,49,50)(H2,23,24,25)(H2,46,47,48)/t14-,18-,19-,22-/m1/s1. The molecule has 0 bridgehead atoms. The third-order valence-electron chi connectivity index (χ3n) is 7.34. The van der Waals surface area contributed by atoms with Gasteiger partial charge < -0.3 is 34.6 Å². The summed E-state index contributed by atoms with van der Waals surface area (Å²) in [7, 11) is -11.6. The molecule has 2 aromatic heterocycles. The number of phosphoric acid groups is 2. The number of nitrogen functional groups attached to an aromatic ring is 1. The lowest BCUT2D eigenvalue weighted by Crippen LogP contribution is -2.42. The van der Waals surface area contributed by atoms with E-state index < -0.39 is 122 Å². The Labute approximate surface area is 308 Å². The molecule has 0 aliphatic carbocycles. The van der Waals surface area contributed by atoms with Crippen LogP contribution in [-0.2, 0) is 22.7 Å². The largest absolute Gasteiger partial charge is 0.481 e. The summed E-state index contributed by atoms with van der Waals surface area (Å²) >= 11 is 0. The normalized spacial score (nSPS) is 19.1. The van der Waals surface area contributed by atoms with Crippen LogP contribution in [0.4, 0.5) is 39.9 Å². The fourth-order valence-electron chi connectivity index (χ4n) is 5.15. The minimum Gasteiger partial charge on any atom is -0.472 e. The second kappa shape index (κ2) is 15.3. The number of phosphoric ester groups is 1. The number of benzene rings is 2. The van der Waals surface area contributed by atoms with Crippen LogP contribution in [0.2, 0.25) is 0 Å². The molecule has 5 atom stereocenters. The van der Waals surface area contributed by atoms with Gasteiger partial charge in [0.2, 0.25) is 0 Å². The Hall–Kier alpha value is -6.99. The number of nitrogens with two attached hydrogens (primary N) is 1. The van der Waals surface area contributed by atoms with Crippen molar-refractivity contribution in [3.63, 3.8) is 0 Å². The zero-order chi connectivity index (χ0) is 42.3. The van der Waals surface area contributed by atoms with Crippen molar-refractivity contribution in [2.45, 2.75) is 24.5 Å². The first kappa shape index (κ1) is 41.2. The highest BCUT2D eigenvalue weighted by Crippen LogP contribution is 2.58. The van der Waals surface area contributed by atoms with Gasteiger partial charge in [-0.1, -0.05) is 0 Å². The zero-order valence-electron chi connectivity index (χ0n) is 27.0. The van der Waals surface area contributed by atoms with Gasteiger partial charge in [-0.05, 0) is 0 Å². The van der Waals surface area contributed by atoms with Gasteiger partial charge in [-0.3, -0.25) is 69.8 Å². The van der Waals surface area contributed by atoms with Gasteiger partial charge in [0.15, 0.2) is 29.9 Å². The summed E-state index contributed by atoms with van der Waals surface area (Å²) in [6, 6.07) is 0.832. The van der Waals surface area contributed by atoms with Crippen molar-refractivity contribution in [3.8, 4) is 11.5 Å². The molecular weight excluding hydrogens is 832 g/mol. The molecule has 0 radical (unpaired) electrons. The number of rotatable bonds is 16. The van der Waals surface area contributed by atoms with E-state index in [0.29, 0.717) is 0 Å². The summed E-state index contributed by atoms with van der Waals surface area (Å²) in [5, 5.41) is 71.6. The van der Waals surface area contributed by atoms with Gasteiger partial charge in [-0.2, -0.15) is 4.31 Å². The molecule has 5 rings (SSSR count). The topological polar surface area (TPSA) is 469 Å². The highest BCUT2D eigenvalue weighted by Gasteiger charge is 2.54. The molecule has 0 amide bonds. The first-order chi connectivity index (χ1) is 26.5. The number of anilines is 1. The van der Waals surface area contributed by atoms with Crippen LogP contribution in [0.25, 0.3) is 11.2 Å². The number of imidazole rings is 1. The Morgan fingerprint density at radius 2 is 1.18 bits per heavy atom. The number of ether oxygens (including phenoxy) is 3. The lowest BCUT2D eigenvalue weighted by molar-refractivity contribution is -0.405. The van der Waals surface area contributed by atoms with Crippen LogP contribution in [0.5, 0.6) is 11.5 Å². The predicted octanol–water partition coefficient (Wildman–Crippen LogP) is 1.88. The molecular formula is C22H17N11O22P2. The summed E-state index contributed by atoms with van der Waals surface area (Å²) in [5.74, 6) is -3.15. The molecule has 35 heteroatoms. The van der Waals surface area contributed by atoms with Crippen molar-refractivity contribution in [3.05, 3.63) is 97.6 Å². The highest BCUT2D eigenvalue weighted by atomic mass is 31.3. The van der Waals surface area contributed by atoms with Crippen LogP contribution in [0.3, 0.4) is 0 Å². The van der Waals surface area contributed by atoms with E-state index in [-0.39, 0.29) is 41.2 Å². The third kappa shape index (κ3) is 8.63. The monoisotopic (exact) mass is 849 g/mol. The molecule has 1 aliphatic heterocycles. The van der Waals surface area contributed by atoms with E-state index in [2.05, 4.69) is 23.8 Å². The summed E-state index contributed by atoms with van der Waals surface area (Å²) in [6.45, 7) is -1.49. The average Bonchev–Trinajstić information content (AvgIpc) is 3.67. The van der Waals surface area contributed by atoms with Gasteiger partial charge in [0.05, 0.1) is 66.7 Å². The van der Waals surface area contributed by atoms with Gasteiger partial charge >= 0.3 is 38.4 Å². The zero-order valence-corrected chi connectivity index (χ0v) is 28.8. The number of nitro benzene ring substituents is 6. The number of hydrogen-bond acceptors (Lipinski definition) is 23. The molecule has 57 heavy (non-hydrogen) atoms. The number of non-ortho nitro benzene ring substituents is 2. The van der Waals surface area contributed by atoms with Crippen LogP contribution in [0.1, 0.15) is 6.23 Å². The van der Waals surface area contributed by atoms with Gasteiger partial charge in [-0.15, -0.1) is 0 Å². The molecule has 1 aliphatic rings. The smallest absolute Gasteiger partial charge is 0.472 e. The minimum atomic E-state index is -5.84. The van der Waals surface area contributed by atoms with E-state index in [1.165, 1.54) is 0 Å². The number of nitro groups is 6. The highest BCUT2D eigenvalue weighted by molar-refractivity contribution is 7.60. The molecule has 0 spiro atoms. The summed E-state index contributed by atoms with van der Waals surface area (Å²) in [4.78, 5) is 103. The maximum Gasteiger partial charge on any atom is 0.481 e. The molecule has 3 heterocycles. The molecule has 2 aromatic carbocycles. The second-order valence-corrected chi connectivity index (χ2v) is 13.6. The van der Waals surface area contributed by atoms with Crippen LogP contribution in [-0.4, -0.2) is 88.7 Å². The van der Waals surface area contributed by atoms with Crippen molar-refractivity contribution < 1.29 is 76.4 Å². The van der Waals surface area contributed by atoms with Crippen molar-refractivity contribution >= 4 is 66.8 Å². The molecule has 4 aromatic rings. The number of nitrogens with zero attached hydrogens (tertiary/aromatic N) is 10. The number of aromatic nitrogens is 4. The van der Waals surface area contributed by atoms with E-state index in [9.17, 15) is 74.7 Å². The summed E-state index contributed by atoms with van der Waals surface area (Å²) < 4.78 is 50.2. The van der Waals surface area contributed by atoms with E-state index >= 15 is 0 Å². The summed E-state index contributed by atoms with van der Waals surface area (Å²) in [6.07, 6.45) is -7.33. The molecule has 1 unspecified atom stereocenters. The van der Waals surface area contributed by atoms with Crippen LogP contribution >= 0.6 is 15.6 Å². The fourth-order valence-corrected chi connectivity index (χ4v) is 6.75. The van der Waals surface area contributed by atoms with Crippen LogP contribution < -0.4 is 15.2 Å². The quantitative estimate of drug-likeness (QED) is 0.0710. The lowest BCUT2D eigenvalue weighted by Gasteiger charge is -2.26. The SMILES string of the molecule is Nc1ncnc2c1ncn2[C@@H]1O[C@H](COP(=O)(O)OP(=O)(O)O)[C@@H](Oc2c([N+](=O)[O-])cc([N+](=O)[O-])cc2[N+](=O)[O-])[C@H]1Oc1c([N+](=O)[O-])cc([N+](=O)[O-])cc1[N+](=O)[O-]. The minimum absolute atomic E-state index is 0.196. The van der Waals surface area contributed by atoms with Crippen LogP contribution in [0, 0.1) is 60.7 Å². The first-order valence-electron chi connectivity index (χ1n) is 14.4. The Balaban J connectivity index is 1.81. The Kier molecular flexibility index (Phi) is 11.0. The van der Waals surface area contributed by atoms with E-state index in [1.807, 2.05) is 0 Å². The number of hydrogen-bond donors (Lipinski definition) is 4. The van der Waals surface area contributed by atoms with Gasteiger partial charge in [0.1, 0.15) is 17.9 Å². The lowest BCUT2D eigenvalue weighted by atomic mass is 10.1. The van der Waals surface area contributed by atoms with E-state index in [0.717, 1.165) is 17.2 Å². The maximum atomic E-state index is 12.5. The Morgan fingerprint density at radius 3 is 1.60 bits per heavy atom.